The summed E-state index contributed by atoms with van der Waals surface area (Å²) in [6.45, 7) is 0.509. The first kappa shape index (κ1) is 13.5. The molecule has 5 heteroatoms. The predicted octanol–water partition coefficient (Wildman–Crippen LogP) is 2.40. The summed E-state index contributed by atoms with van der Waals surface area (Å²) < 4.78 is 5.15. The molecular formula is C14H16N2O2S. The molecule has 0 saturated carbocycles. The average Bonchev–Trinajstić information content (AvgIpc) is 2.96. The number of carbonyl (C=O) groups excluding carboxylic acids is 1. The Kier molecular flexibility index (Phi) is 4.92. The Hall–Kier alpha value is -1.88. The van der Waals surface area contributed by atoms with Crippen LogP contribution in [-0.2, 0) is 17.8 Å². The Bertz CT molecular complexity index is 526. The molecule has 0 saturated heterocycles. The molecule has 0 atom stereocenters. The molecule has 2 rings (SSSR count). The molecule has 1 heterocycles. The monoisotopic (exact) mass is 276 g/mol. The van der Waals surface area contributed by atoms with Crippen molar-refractivity contribution in [2.24, 2.45) is 0 Å². The lowest BCUT2D eigenvalue weighted by Gasteiger charge is -2.05. The van der Waals surface area contributed by atoms with Gasteiger partial charge in [-0.2, -0.15) is 0 Å². The van der Waals surface area contributed by atoms with Crippen molar-refractivity contribution >= 4 is 17.2 Å². The second-order valence-corrected chi connectivity index (χ2v) is 5.03. The largest absolute Gasteiger partial charge is 0.497 e. The molecule has 0 aliphatic heterocycles. The maximum absolute atomic E-state index is 11.7. The number of rotatable bonds is 6. The van der Waals surface area contributed by atoms with Crippen LogP contribution in [0.25, 0.3) is 0 Å². The number of nitrogens with zero attached hydrogens (tertiary/aromatic N) is 1. The second kappa shape index (κ2) is 6.89. The number of ether oxygens (including phenoxy) is 1. The molecule has 19 heavy (non-hydrogen) atoms. The smallest absolute Gasteiger partial charge is 0.220 e. The Balaban J connectivity index is 1.76. The van der Waals surface area contributed by atoms with Crippen molar-refractivity contribution in [3.8, 4) is 5.75 Å². The second-order valence-electron chi connectivity index (χ2n) is 4.05. The average molecular weight is 276 g/mol. The van der Waals surface area contributed by atoms with E-state index >= 15 is 0 Å². The Morgan fingerprint density at radius 1 is 1.47 bits per heavy atom. The zero-order valence-electron chi connectivity index (χ0n) is 10.8. The van der Waals surface area contributed by atoms with E-state index in [1.165, 1.54) is 0 Å². The highest BCUT2D eigenvalue weighted by Gasteiger charge is 2.04. The van der Waals surface area contributed by atoms with Gasteiger partial charge < -0.3 is 10.1 Å². The van der Waals surface area contributed by atoms with Gasteiger partial charge >= 0.3 is 0 Å². The summed E-state index contributed by atoms with van der Waals surface area (Å²) in [4.78, 5) is 15.8. The van der Waals surface area contributed by atoms with E-state index in [-0.39, 0.29) is 5.91 Å². The van der Waals surface area contributed by atoms with Crippen molar-refractivity contribution in [1.29, 1.82) is 0 Å². The van der Waals surface area contributed by atoms with Crippen molar-refractivity contribution in [2.45, 2.75) is 19.4 Å². The number of aromatic nitrogens is 1. The van der Waals surface area contributed by atoms with E-state index in [2.05, 4.69) is 10.3 Å². The number of amides is 1. The number of hydrogen-bond donors (Lipinski definition) is 1. The minimum atomic E-state index is 0.0398. The molecule has 4 nitrogen and oxygen atoms in total. The van der Waals surface area contributed by atoms with Gasteiger partial charge in [0.05, 0.1) is 13.7 Å². The highest BCUT2D eigenvalue weighted by molar-refractivity contribution is 7.09. The van der Waals surface area contributed by atoms with Crippen LogP contribution >= 0.6 is 11.3 Å². The molecule has 0 unspecified atom stereocenters. The third-order valence-electron chi connectivity index (χ3n) is 2.70. The van der Waals surface area contributed by atoms with Crippen LogP contribution in [0.1, 0.15) is 17.0 Å². The van der Waals surface area contributed by atoms with Gasteiger partial charge in [-0.05, 0) is 24.1 Å². The summed E-state index contributed by atoms with van der Waals surface area (Å²) in [6.07, 6.45) is 2.92. The molecule has 1 aromatic heterocycles. The van der Waals surface area contributed by atoms with Gasteiger partial charge in [0.2, 0.25) is 5.91 Å². The highest BCUT2D eigenvalue weighted by atomic mass is 32.1. The molecule has 1 aromatic carbocycles. The van der Waals surface area contributed by atoms with Gasteiger partial charge in [-0.1, -0.05) is 12.1 Å². The summed E-state index contributed by atoms with van der Waals surface area (Å²) in [5.41, 5.74) is 1.10. The van der Waals surface area contributed by atoms with E-state index in [1.807, 2.05) is 29.6 Å². The van der Waals surface area contributed by atoms with Gasteiger partial charge in [0, 0.05) is 18.0 Å². The van der Waals surface area contributed by atoms with Crippen molar-refractivity contribution in [3.05, 3.63) is 46.4 Å². The Morgan fingerprint density at radius 3 is 3.11 bits per heavy atom. The van der Waals surface area contributed by atoms with Gasteiger partial charge in [-0.15, -0.1) is 11.3 Å². The first-order valence-electron chi connectivity index (χ1n) is 6.06. The first-order chi connectivity index (χ1) is 9.28. The fraction of sp³-hybridized carbons (Fsp3) is 0.286. The molecule has 0 bridgehead atoms. The number of aryl methyl sites for hydroxylation is 1. The summed E-state index contributed by atoms with van der Waals surface area (Å²) >= 11 is 1.54. The fourth-order valence-electron chi connectivity index (χ4n) is 1.69. The van der Waals surface area contributed by atoms with Crippen LogP contribution in [0.3, 0.4) is 0 Å². The molecule has 0 spiro atoms. The molecule has 0 aliphatic rings. The number of nitrogens with one attached hydrogen (secondary N) is 1. The maximum atomic E-state index is 11.7. The van der Waals surface area contributed by atoms with E-state index in [9.17, 15) is 4.79 Å². The van der Waals surface area contributed by atoms with E-state index < -0.39 is 0 Å². The van der Waals surface area contributed by atoms with Gasteiger partial charge in [-0.3, -0.25) is 4.79 Å². The normalized spacial score (nSPS) is 10.2. The molecule has 0 radical (unpaired) electrons. The lowest BCUT2D eigenvalue weighted by molar-refractivity contribution is -0.121. The lowest BCUT2D eigenvalue weighted by atomic mass is 10.1. The molecule has 0 fully saturated rings. The minimum absolute atomic E-state index is 0.0398. The van der Waals surface area contributed by atoms with Crippen LogP contribution in [-0.4, -0.2) is 18.0 Å². The maximum Gasteiger partial charge on any atom is 0.220 e. The van der Waals surface area contributed by atoms with Crippen molar-refractivity contribution in [3.63, 3.8) is 0 Å². The van der Waals surface area contributed by atoms with Crippen LogP contribution < -0.4 is 10.1 Å². The van der Waals surface area contributed by atoms with Gasteiger partial charge in [0.25, 0.3) is 0 Å². The SMILES string of the molecule is COc1cccc(CCC(=O)NCc2nccs2)c1. The Labute approximate surface area is 116 Å². The number of benzene rings is 1. The van der Waals surface area contributed by atoms with E-state index in [4.69, 9.17) is 4.74 Å². The third kappa shape index (κ3) is 4.37. The number of hydrogen-bond acceptors (Lipinski definition) is 4. The summed E-state index contributed by atoms with van der Waals surface area (Å²) in [6, 6.07) is 7.78. The van der Waals surface area contributed by atoms with Crippen LogP contribution in [0, 0.1) is 0 Å². The lowest BCUT2D eigenvalue weighted by Crippen LogP contribution is -2.22. The van der Waals surface area contributed by atoms with Crippen molar-refractivity contribution < 1.29 is 9.53 Å². The number of methoxy groups -OCH3 is 1. The van der Waals surface area contributed by atoms with Crippen LogP contribution in [0.2, 0.25) is 0 Å². The molecule has 1 N–H and O–H groups in total. The predicted molar refractivity (Wildman–Crippen MR) is 75.3 cm³/mol. The summed E-state index contributed by atoms with van der Waals surface area (Å²) in [7, 11) is 1.64. The van der Waals surface area contributed by atoms with Gasteiger partial charge in [-0.25, -0.2) is 4.98 Å². The Morgan fingerprint density at radius 2 is 2.37 bits per heavy atom. The van der Waals surface area contributed by atoms with Crippen LogP contribution in [0.5, 0.6) is 5.75 Å². The fourth-order valence-corrected chi connectivity index (χ4v) is 2.24. The zero-order valence-corrected chi connectivity index (χ0v) is 11.6. The quantitative estimate of drug-likeness (QED) is 0.881. The molecule has 0 aliphatic carbocycles. The molecule has 1 amide bonds. The van der Waals surface area contributed by atoms with Gasteiger partial charge in [0.15, 0.2) is 0 Å². The number of thiazole rings is 1. The highest BCUT2D eigenvalue weighted by Crippen LogP contribution is 2.13. The molecule has 2 aromatic rings. The zero-order chi connectivity index (χ0) is 13.5. The van der Waals surface area contributed by atoms with Crippen molar-refractivity contribution in [1.82, 2.24) is 10.3 Å². The summed E-state index contributed by atoms with van der Waals surface area (Å²) in [5, 5.41) is 5.69. The minimum Gasteiger partial charge on any atom is -0.497 e. The molecule has 100 valence electrons. The van der Waals surface area contributed by atoms with E-state index in [1.54, 1.807) is 24.6 Å². The first-order valence-corrected chi connectivity index (χ1v) is 6.94. The van der Waals surface area contributed by atoms with Gasteiger partial charge in [0.1, 0.15) is 10.8 Å². The topological polar surface area (TPSA) is 51.2 Å². The third-order valence-corrected chi connectivity index (χ3v) is 3.47. The number of carbonyl (C=O) groups is 1. The standard InChI is InChI=1S/C14H16N2O2S/c1-18-12-4-2-3-11(9-12)5-6-13(17)16-10-14-15-7-8-19-14/h2-4,7-9H,5-6,10H2,1H3,(H,16,17). The molecular weight excluding hydrogens is 260 g/mol. The van der Waals surface area contributed by atoms with Crippen LogP contribution in [0.4, 0.5) is 0 Å². The van der Waals surface area contributed by atoms with Crippen molar-refractivity contribution in [2.75, 3.05) is 7.11 Å². The van der Waals surface area contributed by atoms with Crippen LogP contribution in [0.15, 0.2) is 35.8 Å². The van der Waals surface area contributed by atoms with E-state index in [0.29, 0.717) is 19.4 Å². The summed E-state index contributed by atoms with van der Waals surface area (Å²) in [5.74, 6) is 0.860. The van der Waals surface area contributed by atoms with E-state index in [0.717, 1.165) is 16.3 Å².